The van der Waals surface area contributed by atoms with E-state index in [2.05, 4.69) is 9.97 Å². The fraction of sp³-hybridized carbons (Fsp3) is 0.136. The van der Waals surface area contributed by atoms with Gasteiger partial charge in [-0.2, -0.15) is 0 Å². The Hall–Kier alpha value is -3.17. The standard InChI is InChI=1S/C22H18FN3O3S2/c1-2-31(28,29)17-9-5-7-15(13-17)21(27)26(14-16-8-3-4-12-24-16)22-25-20-18(23)10-6-11-19(20)30-22/h3-13H,2,14H2,1H3. The van der Waals surface area contributed by atoms with E-state index in [1.165, 1.54) is 40.5 Å². The molecule has 2 aromatic heterocycles. The fourth-order valence-corrected chi connectivity index (χ4v) is 4.95. The van der Waals surface area contributed by atoms with E-state index in [0.29, 0.717) is 15.5 Å². The number of carbonyl (C=O) groups excluding carboxylic acids is 1. The number of rotatable bonds is 6. The molecule has 0 unspecified atom stereocenters. The van der Waals surface area contributed by atoms with E-state index < -0.39 is 21.6 Å². The quantitative estimate of drug-likeness (QED) is 0.429. The second kappa shape index (κ2) is 8.52. The number of carbonyl (C=O) groups is 1. The van der Waals surface area contributed by atoms with Crippen LogP contribution < -0.4 is 4.90 Å². The van der Waals surface area contributed by atoms with E-state index in [1.54, 1.807) is 49.5 Å². The van der Waals surface area contributed by atoms with Crippen LogP contribution in [0.25, 0.3) is 10.2 Å². The number of pyridine rings is 1. The third-order valence-corrected chi connectivity index (χ3v) is 7.48. The summed E-state index contributed by atoms with van der Waals surface area (Å²) in [6.45, 7) is 1.65. The van der Waals surface area contributed by atoms with Crippen molar-refractivity contribution < 1.29 is 17.6 Å². The predicted octanol–water partition coefficient (Wildman–Crippen LogP) is 4.47. The molecule has 0 spiro atoms. The van der Waals surface area contributed by atoms with Gasteiger partial charge in [-0.25, -0.2) is 17.8 Å². The smallest absolute Gasteiger partial charge is 0.260 e. The molecule has 0 saturated carbocycles. The summed E-state index contributed by atoms with van der Waals surface area (Å²) in [5.41, 5.74) is 1.00. The zero-order valence-corrected chi connectivity index (χ0v) is 18.2. The van der Waals surface area contributed by atoms with Crippen molar-refractivity contribution in [2.45, 2.75) is 18.4 Å². The first-order valence-electron chi connectivity index (χ1n) is 9.48. The molecule has 2 heterocycles. The van der Waals surface area contributed by atoms with Crippen molar-refractivity contribution in [2.75, 3.05) is 10.7 Å². The maximum atomic E-state index is 14.2. The first kappa shape index (κ1) is 21.1. The summed E-state index contributed by atoms with van der Waals surface area (Å²) in [4.78, 5) is 23.5. The highest BCUT2D eigenvalue weighted by atomic mass is 32.2. The Morgan fingerprint density at radius 3 is 2.61 bits per heavy atom. The molecule has 0 fully saturated rings. The van der Waals surface area contributed by atoms with Gasteiger partial charge in [0.1, 0.15) is 11.3 Å². The number of sulfone groups is 1. The van der Waals surface area contributed by atoms with Crippen LogP contribution in [-0.2, 0) is 16.4 Å². The van der Waals surface area contributed by atoms with Gasteiger partial charge in [-0.3, -0.25) is 14.7 Å². The number of anilines is 1. The number of fused-ring (bicyclic) bond motifs is 1. The van der Waals surface area contributed by atoms with Gasteiger partial charge in [0.25, 0.3) is 5.91 Å². The zero-order valence-electron chi connectivity index (χ0n) is 16.5. The van der Waals surface area contributed by atoms with Gasteiger partial charge in [0.2, 0.25) is 0 Å². The molecular formula is C22H18FN3O3S2. The minimum absolute atomic E-state index is 0.0700. The van der Waals surface area contributed by atoms with Crippen LogP contribution in [0.2, 0.25) is 0 Å². The van der Waals surface area contributed by atoms with Crippen LogP contribution >= 0.6 is 11.3 Å². The highest BCUT2D eigenvalue weighted by Crippen LogP contribution is 2.32. The van der Waals surface area contributed by atoms with Gasteiger partial charge >= 0.3 is 0 Å². The fourth-order valence-electron chi connectivity index (χ4n) is 3.04. The molecule has 0 radical (unpaired) electrons. The minimum atomic E-state index is -3.48. The molecule has 9 heteroatoms. The molecule has 0 atom stereocenters. The van der Waals surface area contributed by atoms with E-state index >= 15 is 0 Å². The molecule has 31 heavy (non-hydrogen) atoms. The van der Waals surface area contributed by atoms with Crippen molar-refractivity contribution in [1.29, 1.82) is 0 Å². The first-order valence-corrected chi connectivity index (χ1v) is 12.0. The SMILES string of the molecule is CCS(=O)(=O)c1cccc(C(=O)N(Cc2ccccn2)c2nc3c(F)cccc3s2)c1. The molecule has 1 amide bonds. The number of benzene rings is 2. The molecule has 0 bridgehead atoms. The monoisotopic (exact) mass is 455 g/mol. The number of amides is 1. The molecule has 0 saturated heterocycles. The van der Waals surface area contributed by atoms with Crippen molar-refractivity contribution >= 4 is 42.4 Å². The maximum Gasteiger partial charge on any atom is 0.260 e. The van der Waals surface area contributed by atoms with Crippen LogP contribution in [0, 0.1) is 5.82 Å². The average Bonchev–Trinajstić information content (AvgIpc) is 3.23. The van der Waals surface area contributed by atoms with Gasteiger partial charge in [0.15, 0.2) is 15.0 Å². The Kier molecular flexibility index (Phi) is 5.79. The molecule has 0 aliphatic heterocycles. The largest absolute Gasteiger partial charge is 0.278 e. The number of hydrogen-bond donors (Lipinski definition) is 0. The van der Waals surface area contributed by atoms with E-state index in [9.17, 15) is 17.6 Å². The second-order valence-corrected chi connectivity index (χ2v) is 10.0. The molecule has 4 rings (SSSR count). The van der Waals surface area contributed by atoms with E-state index in [4.69, 9.17) is 0 Å². The lowest BCUT2D eigenvalue weighted by Gasteiger charge is -2.20. The van der Waals surface area contributed by atoms with Crippen molar-refractivity contribution in [3.8, 4) is 0 Å². The summed E-state index contributed by atoms with van der Waals surface area (Å²) >= 11 is 1.18. The Morgan fingerprint density at radius 1 is 1.10 bits per heavy atom. The zero-order chi connectivity index (χ0) is 22.0. The van der Waals surface area contributed by atoms with Gasteiger partial charge in [0, 0.05) is 11.8 Å². The molecule has 0 N–H and O–H groups in total. The van der Waals surface area contributed by atoms with Gasteiger partial charge in [-0.05, 0) is 42.5 Å². The lowest BCUT2D eigenvalue weighted by Crippen LogP contribution is -2.30. The minimum Gasteiger partial charge on any atom is -0.278 e. The lowest BCUT2D eigenvalue weighted by molar-refractivity contribution is 0.0984. The van der Waals surface area contributed by atoms with Crippen LogP contribution in [0.4, 0.5) is 9.52 Å². The lowest BCUT2D eigenvalue weighted by atomic mass is 10.2. The van der Waals surface area contributed by atoms with Crippen LogP contribution in [-0.4, -0.2) is 30.0 Å². The van der Waals surface area contributed by atoms with Crippen molar-refractivity contribution in [1.82, 2.24) is 9.97 Å². The number of halogens is 1. The third-order valence-electron chi connectivity index (χ3n) is 4.70. The summed E-state index contributed by atoms with van der Waals surface area (Å²) in [6.07, 6.45) is 1.62. The van der Waals surface area contributed by atoms with Crippen LogP contribution in [0.3, 0.4) is 0 Å². The second-order valence-electron chi connectivity index (χ2n) is 6.73. The van der Waals surface area contributed by atoms with Crippen molar-refractivity contribution in [3.63, 3.8) is 0 Å². The highest BCUT2D eigenvalue weighted by Gasteiger charge is 2.24. The summed E-state index contributed by atoms with van der Waals surface area (Å²) in [7, 11) is -3.48. The summed E-state index contributed by atoms with van der Waals surface area (Å²) in [6, 6.07) is 15.9. The molecule has 0 aliphatic carbocycles. The van der Waals surface area contributed by atoms with Gasteiger partial charge in [-0.1, -0.05) is 36.5 Å². The predicted molar refractivity (Wildman–Crippen MR) is 118 cm³/mol. The molecule has 2 aromatic carbocycles. The number of para-hydroxylation sites is 1. The van der Waals surface area contributed by atoms with Crippen LogP contribution in [0.1, 0.15) is 23.0 Å². The molecule has 0 aliphatic rings. The molecular weight excluding hydrogens is 437 g/mol. The summed E-state index contributed by atoms with van der Waals surface area (Å²) < 4.78 is 39.4. The number of aromatic nitrogens is 2. The topological polar surface area (TPSA) is 80.2 Å². The summed E-state index contributed by atoms with van der Waals surface area (Å²) in [5, 5.41) is 0.305. The normalized spacial score (nSPS) is 11.5. The van der Waals surface area contributed by atoms with Crippen molar-refractivity contribution in [2.24, 2.45) is 0 Å². The number of thiazole rings is 1. The van der Waals surface area contributed by atoms with E-state index in [-0.39, 0.29) is 28.3 Å². The van der Waals surface area contributed by atoms with E-state index in [1.807, 2.05) is 0 Å². The molecule has 158 valence electrons. The summed E-state index contributed by atoms with van der Waals surface area (Å²) in [5.74, 6) is -0.987. The average molecular weight is 456 g/mol. The van der Waals surface area contributed by atoms with Crippen LogP contribution in [0.5, 0.6) is 0 Å². The molecule has 6 nitrogen and oxygen atoms in total. The van der Waals surface area contributed by atoms with Gasteiger partial charge in [-0.15, -0.1) is 0 Å². The van der Waals surface area contributed by atoms with Gasteiger partial charge < -0.3 is 0 Å². The van der Waals surface area contributed by atoms with Gasteiger partial charge in [0.05, 0.1) is 27.6 Å². The number of hydrogen-bond acceptors (Lipinski definition) is 6. The maximum absolute atomic E-state index is 14.2. The first-order chi connectivity index (χ1) is 14.9. The van der Waals surface area contributed by atoms with Crippen molar-refractivity contribution in [3.05, 3.63) is 83.9 Å². The van der Waals surface area contributed by atoms with E-state index in [0.717, 1.165) is 0 Å². The Morgan fingerprint density at radius 2 is 1.90 bits per heavy atom. The Balaban J connectivity index is 1.79. The Labute approximate surface area is 182 Å². The Bertz CT molecular complexity index is 1350. The third kappa shape index (κ3) is 4.33. The highest BCUT2D eigenvalue weighted by molar-refractivity contribution is 7.91. The van der Waals surface area contributed by atoms with Crippen LogP contribution in [0.15, 0.2) is 71.8 Å². The number of nitrogens with zero attached hydrogens (tertiary/aromatic N) is 3. The molecule has 4 aromatic rings.